The van der Waals surface area contributed by atoms with Crippen molar-refractivity contribution >= 4 is 21.6 Å². The molecule has 0 fully saturated rings. The lowest BCUT2D eigenvalue weighted by atomic mass is 10.5. The maximum atomic E-state index is 8.44. The Bertz CT molecular complexity index is 180. The van der Waals surface area contributed by atoms with Gasteiger partial charge in [0.15, 0.2) is 0 Å². The topological polar surface area (TPSA) is 33.1 Å². The molecule has 1 aromatic heterocycles. The van der Waals surface area contributed by atoms with Crippen LogP contribution in [0.4, 0.5) is 0 Å². The van der Waals surface area contributed by atoms with E-state index in [0.29, 0.717) is 0 Å². The zero-order valence-corrected chi connectivity index (χ0v) is 6.86. The maximum Gasteiger partial charge on any atom is 0.107 e. The molecule has 4 heteroatoms. The first-order chi connectivity index (χ1) is 4.93. The van der Waals surface area contributed by atoms with Gasteiger partial charge in [-0.15, -0.1) is 0 Å². The van der Waals surface area contributed by atoms with Crippen LogP contribution in [-0.4, -0.2) is 16.0 Å². The van der Waals surface area contributed by atoms with Gasteiger partial charge in [0.2, 0.25) is 0 Å². The van der Waals surface area contributed by atoms with Crippen LogP contribution in [0.1, 0.15) is 0 Å². The van der Waals surface area contributed by atoms with E-state index in [-0.39, 0.29) is 5.94 Å². The van der Waals surface area contributed by atoms with Gasteiger partial charge in [0.1, 0.15) is 5.03 Å². The molecule has 1 N–H and O–H groups in total. The van der Waals surface area contributed by atoms with Crippen molar-refractivity contribution in [3.05, 3.63) is 24.4 Å². The summed E-state index contributed by atoms with van der Waals surface area (Å²) in [6, 6.07) is 5.70. The fourth-order valence-corrected chi connectivity index (χ4v) is 1.71. The van der Waals surface area contributed by atoms with Gasteiger partial charge in [0.05, 0.1) is 5.94 Å². The SMILES string of the molecule is OCSSc1ccccn1. The molecule has 0 aliphatic rings. The third-order valence-electron chi connectivity index (χ3n) is 0.835. The highest BCUT2D eigenvalue weighted by molar-refractivity contribution is 8.76. The predicted octanol–water partition coefficient (Wildman–Crippen LogP) is 1.77. The predicted molar refractivity (Wildman–Crippen MR) is 44.8 cm³/mol. The van der Waals surface area contributed by atoms with E-state index in [0.717, 1.165) is 5.03 Å². The van der Waals surface area contributed by atoms with E-state index in [9.17, 15) is 0 Å². The van der Waals surface area contributed by atoms with Crippen LogP contribution in [0.2, 0.25) is 0 Å². The van der Waals surface area contributed by atoms with E-state index in [4.69, 9.17) is 5.11 Å². The van der Waals surface area contributed by atoms with Crippen molar-refractivity contribution in [2.75, 3.05) is 5.94 Å². The lowest BCUT2D eigenvalue weighted by Crippen LogP contribution is -1.73. The Labute approximate surface area is 67.5 Å². The van der Waals surface area contributed by atoms with Crippen molar-refractivity contribution in [2.45, 2.75) is 5.03 Å². The third kappa shape index (κ3) is 2.60. The highest BCUT2D eigenvalue weighted by Gasteiger charge is 1.90. The Morgan fingerprint density at radius 3 is 3.00 bits per heavy atom. The van der Waals surface area contributed by atoms with E-state index >= 15 is 0 Å². The second-order valence-corrected chi connectivity index (χ2v) is 3.78. The molecule has 0 atom stereocenters. The molecule has 2 nitrogen and oxygen atoms in total. The molecule has 10 heavy (non-hydrogen) atoms. The second kappa shape index (κ2) is 4.60. The lowest BCUT2D eigenvalue weighted by molar-refractivity contribution is 0.376. The van der Waals surface area contributed by atoms with Gasteiger partial charge >= 0.3 is 0 Å². The normalized spacial score (nSPS) is 9.70. The molecule has 54 valence electrons. The number of aliphatic hydroxyl groups excluding tert-OH is 1. The summed E-state index contributed by atoms with van der Waals surface area (Å²) < 4.78 is 0. The van der Waals surface area contributed by atoms with Gasteiger partial charge in [0, 0.05) is 6.20 Å². The molecule has 0 aliphatic carbocycles. The molecular weight excluding hydrogens is 166 g/mol. The minimum absolute atomic E-state index is 0.126. The van der Waals surface area contributed by atoms with Gasteiger partial charge in [-0.2, -0.15) is 0 Å². The number of rotatable bonds is 3. The molecule has 0 aliphatic heterocycles. The fraction of sp³-hybridized carbons (Fsp3) is 0.167. The number of aliphatic hydroxyl groups is 1. The summed E-state index contributed by atoms with van der Waals surface area (Å²) in [6.45, 7) is 0. The van der Waals surface area contributed by atoms with Crippen molar-refractivity contribution < 1.29 is 5.11 Å². The quantitative estimate of drug-likeness (QED) is 0.558. The third-order valence-corrected chi connectivity index (χ3v) is 2.65. The van der Waals surface area contributed by atoms with Crippen molar-refractivity contribution in [1.29, 1.82) is 0 Å². The number of hydrogen-bond acceptors (Lipinski definition) is 4. The van der Waals surface area contributed by atoms with Crippen LogP contribution in [0.3, 0.4) is 0 Å². The smallest absolute Gasteiger partial charge is 0.107 e. The first-order valence-electron chi connectivity index (χ1n) is 2.75. The van der Waals surface area contributed by atoms with Crippen LogP contribution < -0.4 is 0 Å². The van der Waals surface area contributed by atoms with E-state index in [2.05, 4.69) is 4.98 Å². The number of aromatic nitrogens is 1. The van der Waals surface area contributed by atoms with Crippen LogP contribution >= 0.6 is 21.6 Å². The summed E-state index contributed by atoms with van der Waals surface area (Å²) >= 11 is 0. The summed E-state index contributed by atoms with van der Waals surface area (Å²) in [5.41, 5.74) is 0. The van der Waals surface area contributed by atoms with Gasteiger partial charge in [-0.25, -0.2) is 4.98 Å². The molecule has 0 aromatic carbocycles. The van der Waals surface area contributed by atoms with E-state index in [1.807, 2.05) is 18.2 Å². The van der Waals surface area contributed by atoms with Gasteiger partial charge in [-0.05, 0) is 22.9 Å². The zero-order chi connectivity index (χ0) is 7.23. The average Bonchev–Trinajstić information content (AvgIpc) is 2.03. The molecule has 0 radical (unpaired) electrons. The Hall–Kier alpha value is -0.190. The minimum atomic E-state index is 0.126. The Morgan fingerprint density at radius 1 is 1.50 bits per heavy atom. The molecule has 0 bridgehead atoms. The summed E-state index contributed by atoms with van der Waals surface area (Å²) in [6.07, 6.45) is 1.74. The summed E-state index contributed by atoms with van der Waals surface area (Å²) in [4.78, 5) is 4.05. The van der Waals surface area contributed by atoms with Gasteiger partial charge in [-0.3, -0.25) is 0 Å². The zero-order valence-electron chi connectivity index (χ0n) is 5.23. The van der Waals surface area contributed by atoms with E-state index < -0.39 is 0 Å². The van der Waals surface area contributed by atoms with Crippen LogP contribution in [-0.2, 0) is 0 Å². The molecule has 0 saturated carbocycles. The molecular formula is C6H7NOS2. The number of nitrogens with zero attached hydrogens (tertiary/aromatic N) is 1. The Balaban J connectivity index is 2.43. The highest BCUT2D eigenvalue weighted by atomic mass is 33.1. The minimum Gasteiger partial charge on any atom is -0.385 e. The van der Waals surface area contributed by atoms with Gasteiger partial charge in [0.25, 0.3) is 0 Å². The van der Waals surface area contributed by atoms with Crippen molar-refractivity contribution in [1.82, 2.24) is 4.98 Å². The Kier molecular flexibility index (Phi) is 3.64. The first kappa shape index (κ1) is 7.91. The van der Waals surface area contributed by atoms with Crippen LogP contribution in [0.5, 0.6) is 0 Å². The van der Waals surface area contributed by atoms with Crippen LogP contribution in [0, 0.1) is 0 Å². The summed E-state index contributed by atoms with van der Waals surface area (Å²) in [5.74, 6) is 0.126. The maximum absolute atomic E-state index is 8.44. The molecule has 0 saturated heterocycles. The molecule has 0 amide bonds. The first-order valence-corrected chi connectivity index (χ1v) is 5.07. The van der Waals surface area contributed by atoms with E-state index in [1.54, 1.807) is 6.20 Å². The average molecular weight is 173 g/mol. The number of pyridine rings is 1. The summed E-state index contributed by atoms with van der Waals surface area (Å²) in [5, 5.41) is 9.37. The van der Waals surface area contributed by atoms with Crippen LogP contribution in [0.15, 0.2) is 29.4 Å². The largest absolute Gasteiger partial charge is 0.385 e. The Morgan fingerprint density at radius 2 is 2.40 bits per heavy atom. The fourth-order valence-electron chi connectivity index (χ4n) is 0.483. The highest BCUT2D eigenvalue weighted by Crippen LogP contribution is 2.27. The molecule has 0 spiro atoms. The molecule has 1 rings (SSSR count). The monoisotopic (exact) mass is 173 g/mol. The lowest BCUT2D eigenvalue weighted by Gasteiger charge is -1.93. The van der Waals surface area contributed by atoms with Crippen LogP contribution in [0.25, 0.3) is 0 Å². The van der Waals surface area contributed by atoms with Gasteiger partial charge in [-0.1, -0.05) is 16.9 Å². The van der Waals surface area contributed by atoms with Crippen molar-refractivity contribution in [2.24, 2.45) is 0 Å². The van der Waals surface area contributed by atoms with Gasteiger partial charge < -0.3 is 5.11 Å². The number of hydrogen-bond donors (Lipinski definition) is 1. The standard InChI is InChI=1S/C6H7NOS2/c8-5-9-10-6-3-1-2-4-7-6/h1-4,8H,5H2. The second-order valence-electron chi connectivity index (χ2n) is 1.50. The summed E-state index contributed by atoms with van der Waals surface area (Å²) in [7, 11) is 2.85. The van der Waals surface area contributed by atoms with E-state index in [1.165, 1.54) is 21.6 Å². The van der Waals surface area contributed by atoms with Crippen molar-refractivity contribution in [3.8, 4) is 0 Å². The molecule has 0 unspecified atom stereocenters. The molecule has 1 aromatic rings. The molecule has 1 heterocycles. The van der Waals surface area contributed by atoms with Crippen molar-refractivity contribution in [3.63, 3.8) is 0 Å².